The van der Waals surface area contributed by atoms with E-state index in [2.05, 4.69) is 29.0 Å². The summed E-state index contributed by atoms with van der Waals surface area (Å²) < 4.78 is 31.9. The minimum absolute atomic E-state index is 0.0278. The molecule has 0 saturated heterocycles. The Kier molecular flexibility index (Phi) is 4.65. The number of rotatable bonds is 6. The Morgan fingerprint density at radius 3 is 2.42 bits per heavy atom. The lowest BCUT2D eigenvalue weighted by Crippen LogP contribution is -2.33. The van der Waals surface area contributed by atoms with Crippen molar-refractivity contribution >= 4 is 10.0 Å². The van der Waals surface area contributed by atoms with Gasteiger partial charge in [-0.05, 0) is 49.1 Å². The van der Waals surface area contributed by atoms with Crippen LogP contribution in [0, 0.1) is 0 Å². The summed E-state index contributed by atoms with van der Waals surface area (Å²) in [5.74, 6) is 1.11. The number of nitrogens with one attached hydrogen (secondary N) is 1. The van der Waals surface area contributed by atoms with Crippen LogP contribution in [0.1, 0.15) is 31.7 Å². The van der Waals surface area contributed by atoms with E-state index in [-0.39, 0.29) is 12.0 Å². The van der Waals surface area contributed by atoms with Crippen LogP contribution in [0.2, 0.25) is 0 Å². The highest BCUT2D eigenvalue weighted by molar-refractivity contribution is 7.90. The molecule has 1 fully saturated rings. The van der Waals surface area contributed by atoms with E-state index in [1.165, 1.54) is 5.56 Å². The number of methoxy groups -OCH3 is 1. The first-order chi connectivity index (χ1) is 11.4. The predicted octanol–water partition coefficient (Wildman–Crippen LogP) is 3.55. The minimum Gasteiger partial charge on any atom is -0.497 e. The summed E-state index contributed by atoms with van der Waals surface area (Å²) in [7, 11) is -1.54. The molecule has 1 aliphatic rings. The fraction of sp³-hybridized carbons (Fsp3) is 0.368. The average Bonchev–Trinajstić information content (AvgIpc) is 3.33. The number of hydrogen-bond donors (Lipinski definition) is 1. The lowest BCUT2D eigenvalue weighted by molar-refractivity contribution is 0.415. The lowest BCUT2D eigenvalue weighted by Gasteiger charge is -2.09. The molecule has 0 bridgehead atoms. The van der Waals surface area contributed by atoms with E-state index in [1.807, 2.05) is 24.3 Å². The first-order valence-corrected chi connectivity index (χ1v) is 9.71. The zero-order valence-corrected chi connectivity index (χ0v) is 15.0. The lowest BCUT2D eigenvalue weighted by atomic mass is 10.0. The molecule has 1 saturated carbocycles. The summed E-state index contributed by atoms with van der Waals surface area (Å²) in [6, 6.07) is 16.3. The Morgan fingerprint density at radius 1 is 1.08 bits per heavy atom. The fourth-order valence-electron chi connectivity index (χ4n) is 2.77. The van der Waals surface area contributed by atoms with Gasteiger partial charge in [0.2, 0.25) is 10.0 Å². The highest BCUT2D eigenvalue weighted by Gasteiger charge is 2.41. The van der Waals surface area contributed by atoms with Crippen molar-refractivity contribution in [2.75, 3.05) is 7.11 Å². The van der Waals surface area contributed by atoms with E-state index in [4.69, 9.17) is 4.74 Å². The van der Waals surface area contributed by atoms with Crippen LogP contribution in [-0.4, -0.2) is 26.8 Å². The average molecular weight is 345 g/mol. The third kappa shape index (κ3) is 3.62. The van der Waals surface area contributed by atoms with Gasteiger partial charge in [-0.25, -0.2) is 13.1 Å². The molecule has 0 radical (unpaired) electrons. The Labute approximate surface area is 143 Å². The Bertz CT molecular complexity index is 813. The van der Waals surface area contributed by atoms with Gasteiger partial charge in [-0.1, -0.05) is 36.4 Å². The Hall–Kier alpha value is -1.85. The third-order valence-electron chi connectivity index (χ3n) is 4.47. The van der Waals surface area contributed by atoms with Gasteiger partial charge in [0, 0.05) is 12.0 Å². The van der Waals surface area contributed by atoms with Gasteiger partial charge in [-0.15, -0.1) is 0 Å². The van der Waals surface area contributed by atoms with Crippen LogP contribution in [0.25, 0.3) is 11.1 Å². The molecular formula is C19H23NO3S. The maximum Gasteiger partial charge on any atom is 0.214 e. The van der Waals surface area contributed by atoms with Crippen LogP contribution in [0.5, 0.6) is 5.75 Å². The molecule has 0 spiro atoms. The molecular weight excluding hydrogens is 322 g/mol. The van der Waals surface area contributed by atoms with Crippen LogP contribution in [0.4, 0.5) is 0 Å². The molecule has 1 aliphatic carbocycles. The second kappa shape index (κ2) is 6.57. The molecule has 2 atom stereocenters. The normalized spacial score (nSPS) is 20.2. The van der Waals surface area contributed by atoms with Crippen LogP contribution in [0.3, 0.4) is 0 Å². The van der Waals surface area contributed by atoms with Crippen LogP contribution >= 0.6 is 0 Å². The molecule has 5 heteroatoms. The van der Waals surface area contributed by atoms with Crippen molar-refractivity contribution in [1.29, 1.82) is 0 Å². The van der Waals surface area contributed by atoms with Crippen molar-refractivity contribution in [2.24, 2.45) is 0 Å². The summed E-state index contributed by atoms with van der Waals surface area (Å²) >= 11 is 0. The maximum atomic E-state index is 11.9. The van der Waals surface area contributed by atoms with E-state index >= 15 is 0 Å². The van der Waals surface area contributed by atoms with E-state index in [9.17, 15) is 8.42 Å². The smallest absolute Gasteiger partial charge is 0.214 e. The third-order valence-corrected chi connectivity index (χ3v) is 6.34. The molecule has 24 heavy (non-hydrogen) atoms. The van der Waals surface area contributed by atoms with Crippen molar-refractivity contribution in [3.05, 3.63) is 54.1 Å². The first kappa shape index (κ1) is 17.0. The van der Waals surface area contributed by atoms with Gasteiger partial charge in [0.05, 0.1) is 12.4 Å². The molecule has 4 nitrogen and oxygen atoms in total. The van der Waals surface area contributed by atoms with E-state index in [1.54, 1.807) is 21.0 Å². The van der Waals surface area contributed by atoms with Gasteiger partial charge >= 0.3 is 0 Å². The van der Waals surface area contributed by atoms with E-state index in [0.29, 0.717) is 0 Å². The Morgan fingerprint density at radius 2 is 1.79 bits per heavy atom. The van der Waals surface area contributed by atoms with Gasteiger partial charge in [-0.3, -0.25) is 0 Å². The van der Waals surface area contributed by atoms with E-state index in [0.717, 1.165) is 23.3 Å². The summed E-state index contributed by atoms with van der Waals surface area (Å²) in [4.78, 5) is 0. The van der Waals surface area contributed by atoms with Gasteiger partial charge < -0.3 is 4.74 Å². The maximum absolute atomic E-state index is 11.9. The SMILES string of the molecule is COc1cccc(-c2ccc([C@@H]3C[C@H]3NS(=O)(=O)C(C)C)cc2)c1. The molecule has 0 unspecified atom stereocenters. The number of ether oxygens (including phenoxy) is 1. The van der Waals surface area contributed by atoms with Crippen molar-refractivity contribution < 1.29 is 13.2 Å². The number of benzene rings is 2. The molecule has 0 heterocycles. The quantitative estimate of drug-likeness (QED) is 0.871. The predicted molar refractivity (Wildman–Crippen MR) is 96.8 cm³/mol. The van der Waals surface area contributed by atoms with E-state index < -0.39 is 15.3 Å². The highest BCUT2D eigenvalue weighted by Crippen LogP contribution is 2.42. The van der Waals surface area contributed by atoms with Gasteiger partial charge in [0.25, 0.3) is 0 Å². The van der Waals surface area contributed by atoms with Crippen LogP contribution < -0.4 is 9.46 Å². The summed E-state index contributed by atoms with van der Waals surface area (Å²) in [5.41, 5.74) is 3.41. The van der Waals surface area contributed by atoms with Crippen molar-refractivity contribution in [3.63, 3.8) is 0 Å². The molecule has 1 N–H and O–H groups in total. The largest absolute Gasteiger partial charge is 0.497 e. The highest BCUT2D eigenvalue weighted by atomic mass is 32.2. The molecule has 128 valence electrons. The van der Waals surface area contributed by atoms with Gasteiger partial charge in [0.1, 0.15) is 5.75 Å². The topological polar surface area (TPSA) is 55.4 Å². The zero-order valence-electron chi connectivity index (χ0n) is 14.2. The van der Waals surface area contributed by atoms with Crippen molar-refractivity contribution in [3.8, 4) is 16.9 Å². The summed E-state index contributed by atoms with van der Waals surface area (Å²) in [5, 5.41) is -0.394. The number of hydrogen-bond acceptors (Lipinski definition) is 3. The monoisotopic (exact) mass is 345 g/mol. The van der Waals surface area contributed by atoms with Crippen LogP contribution in [0.15, 0.2) is 48.5 Å². The van der Waals surface area contributed by atoms with Gasteiger partial charge in [0.15, 0.2) is 0 Å². The van der Waals surface area contributed by atoms with Gasteiger partial charge in [-0.2, -0.15) is 0 Å². The second-order valence-electron chi connectivity index (χ2n) is 6.51. The molecule has 2 aromatic carbocycles. The standard InChI is InChI=1S/C19H23NO3S/c1-13(2)24(21,22)20-19-12-18(19)15-9-7-14(8-10-15)16-5-4-6-17(11-16)23-3/h4-11,13,18-20H,12H2,1-3H3/t18-,19+/m0/s1. The first-order valence-electron chi connectivity index (χ1n) is 8.16. The van der Waals surface area contributed by atoms with Crippen molar-refractivity contribution in [1.82, 2.24) is 4.72 Å². The minimum atomic E-state index is -3.20. The number of sulfonamides is 1. The molecule has 0 aromatic heterocycles. The summed E-state index contributed by atoms with van der Waals surface area (Å²) in [6.07, 6.45) is 0.866. The molecule has 0 aliphatic heterocycles. The molecule has 0 amide bonds. The fourth-order valence-corrected chi connectivity index (χ4v) is 3.72. The zero-order chi connectivity index (χ0) is 17.3. The van der Waals surface area contributed by atoms with Crippen molar-refractivity contribution in [2.45, 2.75) is 37.5 Å². The molecule has 3 rings (SSSR count). The van der Waals surface area contributed by atoms with Crippen LogP contribution in [-0.2, 0) is 10.0 Å². The summed E-state index contributed by atoms with van der Waals surface area (Å²) in [6.45, 7) is 3.39. The second-order valence-corrected chi connectivity index (χ2v) is 8.78. The molecule has 2 aromatic rings. The Balaban J connectivity index is 1.70.